The van der Waals surface area contributed by atoms with Gasteiger partial charge in [-0.25, -0.2) is 9.98 Å². The van der Waals surface area contributed by atoms with Gasteiger partial charge in [0.15, 0.2) is 5.96 Å². The third-order valence-corrected chi connectivity index (χ3v) is 7.48. The molecule has 0 saturated heterocycles. The molecule has 0 spiro atoms. The number of nitrogens with one attached hydrogen (secondary N) is 1. The van der Waals surface area contributed by atoms with Gasteiger partial charge in [-0.3, -0.25) is 0 Å². The van der Waals surface area contributed by atoms with Gasteiger partial charge in [0.2, 0.25) is 5.88 Å². The van der Waals surface area contributed by atoms with Crippen LogP contribution in [0.15, 0.2) is 47.6 Å². The molecule has 38 heavy (non-hydrogen) atoms. The van der Waals surface area contributed by atoms with E-state index in [2.05, 4.69) is 36.0 Å². The molecule has 0 amide bonds. The van der Waals surface area contributed by atoms with Crippen LogP contribution >= 0.6 is 0 Å². The highest BCUT2D eigenvalue weighted by Gasteiger charge is 2.32. The summed E-state index contributed by atoms with van der Waals surface area (Å²) in [6.07, 6.45) is 10.3. The standard InChI is InChI=1S/C30H46N6O2/c1-30(2,3)37-21-24(18-31)33-16-10-15-27(22-11-6-4-7-12-22)36-20-23-17-28(34-19-26(23)35-29(36)32)38-25-13-8-5-9-14-25/h5,8-9,13-14,17,19,22,24,27,33H,4,6-7,10-12,15-16,18,20-21,31H2,1-3H3,(H2,32,35)/t24-,27-/m0/s1. The van der Waals surface area contributed by atoms with Gasteiger partial charge in [-0.05, 0) is 71.0 Å². The second-order valence-corrected chi connectivity index (χ2v) is 11.6. The summed E-state index contributed by atoms with van der Waals surface area (Å²) in [5.41, 5.74) is 14.4. The van der Waals surface area contributed by atoms with Crippen LogP contribution in [0, 0.1) is 5.92 Å². The van der Waals surface area contributed by atoms with Crippen molar-refractivity contribution < 1.29 is 9.47 Å². The Morgan fingerprint density at radius 1 is 1.13 bits per heavy atom. The summed E-state index contributed by atoms with van der Waals surface area (Å²) in [4.78, 5) is 11.6. The number of nitrogens with zero attached hydrogens (tertiary/aromatic N) is 3. The van der Waals surface area contributed by atoms with E-state index >= 15 is 0 Å². The van der Waals surface area contributed by atoms with Crippen LogP contribution in [0.5, 0.6) is 11.6 Å². The fourth-order valence-corrected chi connectivity index (χ4v) is 5.44. The largest absolute Gasteiger partial charge is 0.439 e. The normalized spacial score (nSPS) is 18.0. The number of benzene rings is 1. The maximum absolute atomic E-state index is 6.59. The van der Waals surface area contributed by atoms with Gasteiger partial charge in [-0.15, -0.1) is 0 Å². The fraction of sp³-hybridized carbons (Fsp3) is 0.600. The number of aromatic nitrogens is 1. The Kier molecular flexibility index (Phi) is 9.99. The number of para-hydroxylation sites is 1. The summed E-state index contributed by atoms with van der Waals surface area (Å²) >= 11 is 0. The molecule has 0 radical (unpaired) electrons. The van der Waals surface area contributed by atoms with Crippen LogP contribution in [0.1, 0.15) is 71.3 Å². The average molecular weight is 523 g/mol. The lowest BCUT2D eigenvalue weighted by molar-refractivity contribution is -0.0133. The van der Waals surface area contributed by atoms with E-state index in [4.69, 9.17) is 25.9 Å². The molecule has 1 aliphatic heterocycles. The lowest BCUT2D eigenvalue weighted by Crippen LogP contribution is -2.49. The molecule has 208 valence electrons. The zero-order valence-corrected chi connectivity index (χ0v) is 23.4. The first-order valence-corrected chi connectivity index (χ1v) is 14.2. The van der Waals surface area contributed by atoms with Gasteiger partial charge in [0.05, 0.1) is 24.1 Å². The molecule has 5 N–H and O–H groups in total. The number of pyridine rings is 1. The van der Waals surface area contributed by atoms with E-state index in [1.807, 2.05) is 36.4 Å². The van der Waals surface area contributed by atoms with E-state index in [1.54, 1.807) is 6.20 Å². The maximum atomic E-state index is 6.59. The number of rotatable bonds is 12. The number of ether oxygens (including phenoxy) is 2. The summed E-state index contributed by atoms with van der Waals surface area (Å²) in [7, 11) is 0. The van der Waals surface area contributed by atoms with Crippen molar-refractivity contribution in [3.05, 3.63) is 48.2 Å². The minimum absolute atomic E-state index is 0.159. The number of fused-ring (bicyclic) bond motifs is 1. The Labute approximate surface area is 228 Å². The van der Waals surface area contributed by atoms with Crippen molar-refractivity contribution in [2.24, 2.45) is 22.4 Å². The number of guanidine groups is 1. The van der Waals surface area contributed by atoms with Gasteiger partial charge < -0.3 is 31.2 Å². The summed E-state index contributed by atoms with van der Waals surface area (Å²) in [5.74, 6) is 2.56. The Balaban J connectivity index is 1.41. The van der Waals surface area contributed by atoms with Crippen LogP contribution in [-0.2, 0) is 11.3 Å². The smallest absolute Gasteiger partial charge is 0.219 e. The molecule has 1 fully saturated rings. The Hall–Kier alpha value is -2.68. The molecule has 0 bridgehead atoms. The minimum atomic E-state index is -0.163. The zero-order chi connectivity index (χ0) is 27.0. The van der Waals surface area contributed by atoms with Crippen molar-refractivity contribution in [1.82, 2.24) is 15.2 Å². The van der Waals surface area contributed by atoms with Crippen LogP contribution in [0.25, 0.3) is 0 Å². The van der Waals surface area contributed by atoms with E-state index in [9.17, 15) is 0 Å². The van der Waals surface area contributed by atoms with E-state index in [1.165, 1.54) is 32.1 Å². The van der Waals surface area contributed by atoms with Crippen LogP contribution in [0.3, 0.4) is 0 Å². The van der Waals surface area contributed by atoms with Gasteiger partial charge in [0, 0.05) is 36.8 Å². The number of hydrogen-bond acceptors (Lipinski definition) is 8. The van der Waals surface area contributed by atoms with Crippen molar-refractivity contribution in [3.8, 4) is 11.6 Å². The molecule has 8 nitrogen and oxygen atoms in total. The summed E-state index contributed by atoms with van der Waals surface area (Å²) < 4.78 is 11.9. The fourth-order valence-electron chi connectivity index (χ4n) is 5.44. The highest BCUT2D eigenvalue weighted by Crippen LogP contribution is 2.36. The topological polar surface area (TPSA) is 111 Å². The van der Waals surface area contributed by atoms with Gasteiger partial charge in [0.1, 0.15) is 5.75 Å². The molecule has 2 aromatic rings. The molecule has 1 aliphatic carbocycles. The van der Waals surface area contributed by atoms with E-state index < -0.39 is 0 Å². The average Bonchev–Trinajstić information content (AvgIpc) is 2.91. The third-order valence-electron chi connectivity index (χ3n) is 7.48. The van der Waals surface area contributed by atoms with E-state index in [0.29, 0.717) is 37.0 Å². The van der Waals surface area contributed by atoms with Crippen LogP contribution in [0.2, 0.25) is 0 Å². The summed E-state index contributed by atoms with van der Waals surface area (Å²) in [5, 5.41) is 3.61. The highest BCUT2D eigenvalue weighted by atomic mass is 16.5. The van der Waals surface area contributed by atoms with Crippen molar-refractivity contribution in [2.75, 3.05) is 19.7 Å². The quantitative estimate of drug-likeness (QED) is 0.333. The Morgan fingerprint density at radius 3 is 2.61 bits per heavy atom. The van der Waals surface area contributed by atoms with Crippen LogP contribution in [-0.4, -0.2) is 53.2 Å². The number of nitrogens with two attached hydrogens (primary N) is 2. The molecule has 1 aromatic heterocycles. The van der Waals surface area contributed by atoms with Gasteiger partial charge >= 0.3 is 0 Å². The maximum Gasteiger partial charge on any atom is 0.219 e. The second-order valence-electron chi connectivity index (χ2n) is 11.6. The Bertz CT molecular complexity index is 1030. The molecule has 2 heterocycles. The predicted molar refractivity (Wildman–Crippen MR) is 154 cm³/mol. The second kappa shape index (κ2) is 13.4. The molecule has 1 aromatic carbocycles. The number of aliphatic imine (C=N–C) groups is 1. The van der Waals surface area contributed by atoms with Crippen LogP contribution < -0.4 is 21.5 Å². The zero-order valence-electron chi connectivity index (χ0n) is 23.4. The molecule has 0 unspecified atom stereocenters. The third kappa shape index (κ3) is 8.16. The van der Waals surface area contributed by atoms with E-state index in [-0.39, 0.29) is 11.6 Å². The van der Waals surface area contributed by atoms with Crippen molar-refractivity contribution >= 4 is 11.6 Å². The van der Waals surface area contributed by atoms with Gasteiger partial charge in [-0.2, -0.15) is 0 Å². The molecular formula is C30H46N6O2. The molecular weight excluding hydrogens is 476 g/mol. The van der Waals surface area contributed by atoms with E-state index in [0.717, 1.165) is 42.9 Å². The highest BCUT2D eigenvalue weighted by molar-refractivity contribution is 5.83. The molecule has 2 aliphatic rings. The van der Waals surface area contributed by atoms with Crippen molar-refractivity contribution in [1.29, 1.82) is 0 Å². The molecule has 4 rings (SSSR count). The lowest BCUT2D eigenvalue weighted by atomic mass is 9.81. The predicted octanol–water partition coefficient (Wildman–Crippen LogP) is 5.10. The van der Waals surface area contributed by atoms with Crippen LogP contribution in [0.4, 0.5) is 5.69 Å². The SMILES string of the molecule is CC(C)(C)OC[C@H](CN)NCCC[C@@H](C1CCCCC1)N1Cc2cc(Oc3ccccc3)ncc2N=C1N. The number of hydrogen-bond donors (Lipinski definition) is 3. The first-order chi connectivity index (χ1) is 18.3. The Morgan fingerprint density at radius 2 is 1.89 bits per heavy atom. The van der Waals surface area contributed by atoms with Crippen molar-refractivity contribution in [2.45, 2.75) is 89.9 Å². The monoisotopic (exact) mass is 522 g/mol. The summed E-state index contributed by atoms with van der Waals surface area (Å²) in [6.45, 7) is 9.03. The summed E-state index contributed by atoms with van der Waals surface area (Å²) in [6, 6.07) is 12.3. The lowest BCUT2D eigenvalue weighted by Gasteiger charge is -2.41. The molecule has 8 heteroatoms. The first-order valence-electron chi connectivity index (χ1n) is 14.2. The van der Waals surface area contributed by atoms with Gasteiger partial charge in [-0.1, -0.05) is 37.5 Å². The van der Waals surface area contributed by atoms with Gasteiger partial charge in [0.25, 0.3) is 0 Å². The molecule has 2 atom stereocenters. The minimum Gasteiger partial charge on any atom is -0.439 e. The van der Waals surface area contributed by atoms with Crippen molar-refractivity contribution in [3.63, 3.8) is 0 Å². The molecule has 1 saturated carbocycles. The first kappa shape index (κ1) is 28.3.